The maximum Gasteiger partial charge on any atom is 0.305 e. The van der Waals surface area contributed by atoms with Gasteiger partial charge < -0.3 is 38.1 Å². The zero-order valence-corrected chi connectivity index (χ0v) is 57.5. The van der Waals surface area contributed by atoms with Crippen molar-refractivity contribution < 1.29 is 47.7 Å². The van der Waals surface area contributed by atoms with Gasteiger partial charge in [0, 0.05) is 18.9 Å². The van der Waals surface area contributed by atoms with Gasteiger partial charge in [-0.2, -0.15) is 0 Å². The summed E-state index contributed by atoms with van der Waals surface area (Å²) in [7, 11) is -5.45. The highest BCUT2D eigenvalue weighted by Gasteiger charge is 2.49. The van der Waals surface area contributed by atoms with Gasteiger partial charge in [0.15, 0.2) is 25.0 Å². The van der Waals surface area contributed by atoms with Crippen LogP contribution >= 0.6 is 0 Å². The smallest absolute Gasteiger partial charge is 0.305 e. The number of esters is 2. The monoisotopic (exact) mass is 1210 g/mol. The molecule has 0 aromatic heterocycles. The van der Waals surface area contributed by atoms with E-state index in [1.54, 1.807) is 0 Å². The van der Waals surface area contributed by atoms with E-state index in [4.69, 9.17) is 22.8 Å². The van der Waals surface area contributed by atoms with Crippen LogP contribution in [-0.4, -0.2) is 102 Å². The quantitative estimate of drug-likeness (QED) is 0.0254. The second-order valence-corrected chi connectivity index (χ2v) is 38.7. The molecule has 0 amide bonds. The van der Waals surface area contributed by atoms with Crippen molar-refractivity contribution in [2.75, 3.05) is 13.2 Å². The summed E-state index contributed by atoms with van der Waals surface area (Å²) in [6.45, 7) is 26.3. The van der Waals surface area contributed by atoms with Crippen LogP contribution in [0.25, 0.3) is 0 Å². The molecule has 83 heavy (non-hydrogen) atoms. The third-order valence-corrected chi connectivity index (χ3v) is 33.5. The van der Waals surface area contributed by atoms with Crippen LogP contribution in [0.15, 0.2) is 85.0 Å². The number of unbranched alkanes of at least 4 members (excludes halogenated alkanes) is 2. The van der Waals surface area contributed by atoms with Crippen LogP contribution in [0.4, 0.5) is 0 Å². The number of carbonyl (C=O) groups excluding carboxylic acids is 2. The summed E-state index contributed by atoms with van der Waals surface area (Å²) in [5.74, 6) is 0.703. The number of allylic oxidation sites excluding steroid dienone is 4. The van der Waals surface area contributed by atoms with E-state index in [2.05, 4.69) is 129 Å². The van der Waals surface area contributed by atoms with E-state index in [0.717, 1.165) is 89.9 Å². The Morgan fingerprint density at radius 1 is 0.506 bits per heavy atom. The van der Waals surface area contributed by atoms with Crippen molar-refractivity contribution in [3.8, 4) is 0 Å². The highest BCUT2D eigenvalue weighted by atomic mass is 28.4. The normalized spacial score (nSPS) is 22.0. The van der Waals surface area contributed by atoms with Gasteiger partial charge in [-0.25, -0.2) is 0 Å². The first-order valence-electron chi connectivity index (χ1n) is 33.9. The zero-order chi connectivity index (χ0) is 60.9. The Kier molecular flexibility index (Phi) is 37.9. The number of benzene rings is 2. The average molecular weight is 1210 g/mol. The molecule has 0 aliphatic heterocycles. The van der Waals surface area contributed by atoms with Gasteiger partial charge in [0.2, 0.25) is 0 Å². The number of hydrogen-bond donors (Lipinski definition) is 3. The Hall–Kier alpha value is -2.73. The number of aliphatic hydroxyl groups excluding tert-OH is 3. The van der Waals surface area contributed by atoms with Crippen LogP contribution in [0.5, 0.6) is 0 Å². The number of aryl methyl sites for hydroxylation is 2. The molecule has 0 spiro atoms. The first-order chi connectivity index (χ1) is 40.1. The maximum absolute atomic E-state index is 12.1. The molecule has 0 saturated heterocycles. The first-order valence-corrected chi connectivity index (χ1v) is 41.5. The van der Waals surface area contributed by atoms with Gasteiger partial charge in [-0.05, 0) is 205 Å². The number of aliphatic hydroxyl groups is 3. The van der Waals surface area contributed by atoms with Crippen LogP contribution in [0.1, 0.15) is 203 Å². The third-order valence-electron chi connectivity index (χ3n) is 19.5. The van der Waals surface area contributed by atoms with Gasteiger partial charge in [-0.3, -0.25) is 9.59 Å². The molecule has 13 heteroatoms. The second-order valence-electron chi connectivity index (χ2n) is 24.5. The fourth-order valence-corrected chi connectivity index (χ4v) is 22.0. The zero-order valence-electron chi connectivity index (χ0n) is 54.5. The molecular weight excluding hydrogens is 1090 g/mol. The molecule has 3 N–H and O–H groups in total. The minimum atomic E-state index is -1.84. The molecule has 10 atom stereocenters. The van der Waals surface area contributed by atoms with E-state index < -0.39 is 43.3 Å². The Balaban J connectivity index is 0.000000494. The van der Waals surface area contributed by atoms with E-state index >= 15 is 0 Å². The lowest BCUT2D eigenvalue weighted by molar-refractivity contribution is -0.144. The predicted octanol–water partition coefficient (Wildman–Crippen LogP) is 17.5. The standard InChI is InChI=1S/C44H82O5Si3.C26H40O5/c1-11-36-46-44(45)31-27-22-21-26-30-40-41(35-34-39(47-50(12-2,13-3)14-4)33-32-38-28-24-23-25-29-38)43(49-52(18-8,19-9)20-10)37-42(40)48-51(15-5,16-6)17-7;1-2-18-31-26(30)13-9-4-3-8-12-22-23(25(29)19-24(22)28)17-16-21(27)15-14-20-10-6-5-7-11-20/h21,23-26,28-29,39-43H,11-20,22,27,30-37H2,1-10H3;3,5-8,10-11,21-25,27-29H,2,4,9,12-19H2,1H3/b26-21-;8-3-/t39-,40+,41+,42-,43+;21-,22+,23+,24-,25+/m00/s1. The Bertz CT molecular complexity index is 2000. The molecule has 0 bridgehead atoms. The van der Waals surface area contributed by atoms with Crippen molar-refractivity contribution in [3.63, 3.8) is 0 Å². The first kappa shape index (κ1) is 74.5. The summed E-state index contributed by atoms with van der Waals surface area (Å²) in [6.07, 6.45) is 24.6. The lowest BCUT2D eigenvalue weighted by atomic mass is 9.85. The highest BCUT2D eigenvalue weighted by molar-refractivity contribution is 6.74. The Labute approximate surface area is 510 Å². The summed E-state index contributed by atoms with van der Waals surface area (Å²) in [4.78, 5) is 23.6. The van der Waals surface area contributed by atoms with Crippen molar-refractivity contribution in [1.82, 2.24) is 0 Å². The molecule has 4 rings (SSSR count). The van der Waals surface area contributed by atoms with Crippen LogP contribution in [0.3, 0.4) is 0 Å². The molecule has 2 aromatic carbocycles. The van der Waals surface area contributed by atoms with E-state index in [1.807, 2.05) is 32.0 Å². The molecule has 2 fully saturated rings. The molecule has 10 nitrogen and oxygen atoms in total. The van der Waals surface area contributed by atoms with Gasteiger partial charge >= 0.3 is 11.9 Å². The van der Waals surface area contributed by atoms with Gasteiger partial charge in [0.1, 0.15) is 0 Å². The molecule has 0 heterocycles. The number of carbonyl (C=O) groups is 2. The molecule has 0 radical (unpaired) electrons. The molecule has 2 aromatic rings. The number of ether oxygens (including phenoxy) is 2. The third kappa shape index (κ3) is 26.6. The van der Waals surface area contributed by atoms with E-state index in [1.165, 1.54) is 65.5 Å². The molecule has 2 aliphatic rings. The Morgan fingerprint density at radius 2 is 0.928 bits per heavy atom. The maximum atomic E-state index is 12.1. The summed E-state index contributed by atoms with van der Waals surface area (Å²) in [5, 5.41) is 31.2. The van der Waals surface area contributed by atoms with Crippen molar-refractivity contribution in [2.45, 2.75) is 296 Å². The second kappa shape index (κ2) is 42.2. The minimum Gasteiger partial charge on any atom is -0.466 e. The summed E-state index contributed by atoms with van der Waals surface area (Å²) >= 11 is 0. The van der Waals surface area contributed by atoms with Crippen molar-refractivity contribution >= 4 is 36.9 Å². The summed E-state index contributed by atoms with van der Waals surface area (Å²) < 4.78 is 32.7. The number of hydrogen-bond acceptors (Lipinski definition) is 10. The van der Waals surface area contributed by atoms with Crippen molar-refractivity contribution in [1.29, 1.82) is 0 Å². The fraction of sp³-hybridized carbons (Fsp3) is 0.743. The fourth-order valence-electron chi connectivity index (χ4n) is 13.2. The van der Waals surface area contributed by atoms with Crippen LogP contribution in [-0.2, 0) is 45.2 Å². The van der Waals surface area contributed by atoms with Gasteiger partial charge in [0.25, 0.3) is 0 Å². The van der Waals surface area contributed by atoms with Crippen LogP contribution in [0.2, 0.25) is 54.4 Å². The molecule has 2 saturated carbocycles. The van der Waals surface area contributed by atoms with Gasteiger partial charge in [-0.15, -0.1) is 0 Å². The highest BCUT2D eigenvalue weighted by Crippen LogP contribution is 2.46. The van der Waals surface area contributed by atoms with E-state index in [0.29, 0.717) is 63.6 Å². The summed E-state index contributed by atoms with van der Waals surface area (Å²) in [6, 6.07) is 31.8. The summed E-state index contributed by atoms with van der Waals surface area (Å²) in [5.41, 5.74) is 2.63. The number of rotatable bonds is 43. The minimum absolute atomic E-state index is 0.00930. The van der Waals surface area contributed by atoms with Crippen molar-refractivity contribution in [3.05, 3.63) is 96.1 Å². The van der Waals surface area contributed by atoms with Crippen LogP contribution < -0.4 is 0 Å². The topological polar surface area (TPSA) is 141 Å². The molecule has 0 unspecified atom stereocenters. The largest absolute Gasteiger partial charge is 0.466 e. The SMILES string of the molecule is CCCOC(=O)CCC/C=C\C[C@@H]1[C@@H](CC[C@@H](O)CCc2ccccc2)[C@H](O)C[C@@H]1O.CCCOC(=O)CCC/C=C\C[C@@H]1[C@@H](CC[C@H](CCc2ccccc2)O[Si](CC)(CC)CC)[C@H](O[Si](CC)(CC)CC)C[C@@H]1O[Si](CC)(CC)CC. The van der Waals surface area contributed by atoms with E-state index in [-0.39, 0.29) is 42.1 Å². The van der Waals surface area contributed by atoms with Gasteiger partial charge in [-0.1, -0.05) is 161 Å². The van der Waals surface area contributed by atoms with Crippen LogP contribution in [0, 0.1) is 23.7 Å². The molecule has 2 aliphatic carbocycles. The molecule has 474 valence electrons. The molecular formula is C70H122O10Si3. The predicted molar refractivity (Wildman–Crippen MR) is 353 cm³/mol. The lowest BCUT2D eigenvalue weighted by Gasteiger charge is -2.37. The Morgan fingerprint density at radius 3 is 1.39 bits per heavy atom. The lowest BCUT2D eigenvalue weighted by Crippen LogP contribution is -2.42. The van der Waals surface area contributed by atoms with E-state index in [9.17, 15) is 24.9 Å². The van der Waals surface area contributed by atoms with Gasteiger partial charge in [0.05, 0.1) is 43.7 Å². The van der Waals surface area contributed by atoms with Crippen molar-refractivity contribution in [2.24, 2.45) is 23.7 Å². The average Bonchev–Trinajstić information content (AvgIpc) is 4.22.